The summed E-state index contributed by atoms with van der Waals surface area (Å²) < 4.78 is 30.4. The highest BCUT2D eigenvalue weighted by molar-refractivity contribution is 7.92. The molecule has 3 rings (SSSR count). The number of amidine groups is 1. The van der Waals surface area contributed by atoms with Crippen molar-refractivity contribution in [2.24, 2.45) is 15.1 Å². The molecule has 1 heterocycles. The number of benzene rings is 2. The molecule has 0 atom stereocenters. The second-order valence-corrected chi connectivity index (χ2v) is 9.68. The first-order valence-corrected chi connectivity index (χ1v) is 11.2. The normalized spacial score (nSPS) is 15.6. The Balaban J connectivity index is 1.91. The molecule has 3 N–H and O–H groups in total. The molecule has 1 aliphatic heterocycles. The van der Waals surface area contributed by atoms with E-state index < -0.39 is 15.1 Å². The Morgan fingerprint density at radius 2 is 1.78 bits per heavy atom. The number of nitrogens with zero attached hydrogens (tertiary/aromatic N) is 3. The number of nitrogens with one attached hydrogen (secondary N) is 2. The number of hydrogen-bond donors (Lipinski definition) is 3. The molecule has 2 aromatic rings. The van der Waals surface area contributed by atoms with E-state index in [9.17, 15) is 13.5 Å². The summed E-state index contributed by atoms with van der Waals surface area (Å²) in [6.07, 6.45) is 0. The number of phenolic OH excluding ortho intramolecular Hbond substituents is 1. The second kappa shape index (κ2) is 9.15. The molecule has 0 unspecified atom stereocenters. The Kier molecular flexibility index (Phi) is 6.54. The van der Waals surface area contributed by atoms with Gasteiger partial charge in [0.25, 0.3) is 0 Å². The number of hydrogen-bond acceptors (Lipinski definition) is 8. The molecule has 0 spiro atoms. The number of rotatable bonds is 6. The van der Waals surface area contributed by atoms with Crippen LogP contribution in [0.5, 0.6) is 5.75 Å². The summed E-state index contributed by atoms with van der Waals surface area (Å²) in [6.45, 7) is 8.36. The van der Waals surface area contributed by atoms with Gasteiger partial charge in [0.1, 0.15) is 5.75 Å². The highest BCUT2D eigenvalue weighted by atomic mass is 32.2. The first kappa shape index (κ1) is 22.9. The van der Waals surface area contributed by atoms with Crippen LogP contribution in [-0.2, 0) is 14.6 Å². The SMILES string of the molecule is C=NC(=N)C(N=C(C)c1ccc(S(=O)(=O)C(C)C)cc1)=C1NN=C(c2ccc(O)cc2)O1. The number of aliphatic imine (C=N–C) groups is 2. The summed E-state index contributed by atoms with van der Waals surface area (Å²) in [7, 11) is -3.38. The maximum atomic E-state index is 12.3. The molecule has 1 aliphatic rings. The van der Waals surface area contributed by atoms with Crippen LogP contribution in [0.15, 0.2) is 80.1 Å². The molecule has 0 saturated heterocycles. The van der Waals surface area contributed by atoms with Crippen LogP contribution in [0.4, 0.5) is 0 Å². The number of hydrazone groups is 1. The van der Waals surface area contributed by atoms with Gasteiger partial charge in [-0.3, -0.25) is 5.41 Å². The van der Waals surface area contributed by atoms with Crippen LogP contribution in [0.3, 0.4) is 0 Å². The van der Waals surface area contributed by atoms with Crippen molar-refractivity contribution in [1.29, 1.82) is 5.41 Å². The summed E-state index contributed by atoms with van der Waals surface area (Å²) in [5, 5.41) is 21.1. The summed E-state index contributed by atoms with van der Waals surface area (Å²) in [4.78, 5) is 8.33. The van der Waals surface area contributed by atoms with Gasteiger partial charge in [-0.2, -0.15) is 0 Å². The molecule has 166 valence electrons. The maximum Gasteiger partial charge on any atom is 0.245 e. The van der Waals surface area contributed by atoms with Gasteiger partial charge < -0.3 is 9.84 Å². The van der Waals surface area contributed by atoms with Crippen molar-refractivity contribution in [3.63, 3.8) is 0 Å². The van der Waals surface area contributed by atoms with Crippen LogP contribution in [0.1, 0.15) is 31.9 Å². The van der Waals surface area contributed by atoms with Crippen LogP contribution >= 0.6 is 0 Å². The van der Waals surface area contributed by atoms with Gasteiger partial charge in [0.05, 0.1) is 10.1 Å². The topological polar surface area (TPSA) is 137 Å². The zero-order chi connectivity index (χ0) is 23.5. The van der Waals surface area contributed by atoms with E-state index in [1.165, 1.54) is 24.3 Å². The minimum absolute atomic E-state index is 0.0777. The average Bonchev–Trinajstić information content (AvgIpc) is 3.27. The highest BCUT2D eigenvalue weighted by Gasteiger charge is 2.23. The molecule has 2 aromatic carbocycles. The lowest BCUT2D eigenvalue weighted by Crippen LogP contribution is -2.14. The summed E-state index contributed by atoms with van der Waals surface area (Å²) >= 11 is 0. The highest BCUT2D eigenvalue weighted by Crippen LogP contribution is 2.21. The third-order valence-electron chi connectivity index (χ3n) is 4.67. The van der Waals surface area contributed by atoms with Gasteiger partial charge in [0.15, 0.2) is 21.4 Å². The predicted molar refractivity (Wildman–Crippen MR) is 124 cm³/mol. The summed E-state index contributed by atoms with van der Waals surface area (Å²) in [6, 6.07) is 12.7. The number of sulfone groups is 1. The third-order valence-corrected chi connectivity index (χ3v) is 6.84. The molecule has 10 heteroatoms. The number of ether oxygens (including phenoxy) is 1. The van der Waals surface area contributed by atoms with Crippen molar-refractivity contribution >= 4 is 34.0 Å². The molecule has 9 nitrogen and oxygen atoms in total. The maximum absolute atomic E-state index is 12.3. The predicted octanol–water partition coefficient (Wildman–Crippen LogP) is 3.21. The van der Waals surface area contributed by atoms with Crippen molar-refractivity contribution in [3.05, 3.63) is 71.2 Å². The number of phenols is 1. The van der Waals surface area contributed by atoms with Crippen molar-refractivity contribution in [2.45, 2.75) is 30.9 Å². The monoisotopic (exact) mass is 453 g/mol. The van der Waals surface area contributed by atoms with E-state index in [-0.39, 0.29) is 34.0 Å². The molecule has 0 bridgehead atoms. The third kappa shape index (κ3) is 4.75. The second-order valence-electron chi connectivity index (χ2n) is 7.18. The van der Waals surface area contributed by atoms with E-state index >= 15 is 0 Å². The Hall–Kier alpha value is -3.79. The lowest BCUT2D eigenvalue weighted by Gasteiger charge is -2.10. The summed E-state index contributed by atoms with van der Waals surface area (Å²) in [5.74, 6) is 0.226. The minimum atomic E-state index is -3.38. The largest absolute Gasteiger partial charge is 0.508 e. The van der Waals surface area contributed by atoms with E-state index in [1.54, 1.807) is 45.0 Å². The van der Waals surface area contributed by atoms with Crippen LogP contribution in [0.25, 0.3) is 0 Å². The van der Waals surface area contributed by atoms with Crippen LogP contribution in [0, 0.1) is 5.41 Å². The van der Waals surface area contributed by atoms with Crippen molar-refractivity contribution < 1.29 is 18.3 Å². The fraction of sp³-hybridized carbons (Fsp3) is 0.182. The van der Waals surface area contributed by atoms with Crippen molar-refractivity contribution in [1.82, 2.24) is 5.43 Å². The minimum Gasteiger partial charge on any atom is -0.508 e. The van der Waals surface area contributed by atoms with Gasteiger partial charge in [-0.05, 0) is 69.5 Å². The van der Waals surface area contributed by atoms with Gasteiger partial charge >= 0.3 is 0 Å². The lowest BCUT2D eigenvalue weighted by molar-refractivity contribution is 0.412. The average molecular weight is 454 g/mol. The Labute approximate surface area is 186 Å². The van der Waals surface area contributed by atoms with Gasteiger partial charge in [-0.25, -0.2) is 23.8 Å². The fourth-order valence-corrected chi connectivity index (χ4v) is 3.81. The molecule has 32 heavy (non-hydrogen) atoms. The van der Waals surface area contributed by atoms with Crippen LogP contribution in [0.2, 0.25) is 0 Å². The molecule has 0 amide bonds. The van der Waals surface area contributed by atoms with Gasteiger partial charge in [-0.15, -0.1) is 5.10 Å². The summed E-state index contributed by atoms with van der Waals surface area (Å²) in [5.41, 5.74) is 4.57. The van der Waals surface area contributed by atoms with Crippen LogP contribution in [-0.4, -0.2) is 42.9 Å². The van der Waals surface area contributed by atoms with Gasteiger partial charge in [0.2, 0.25) is 11.8 Å². The first-order valence-electron chi connectivity index (χ1n) is 9.64. The van der Waals surface area contributed by atoms with Crippen molar-refractivity contribution in [3.8, 4) is 5.75 Å². The molecule has 0 radical (unpaired) electrons. The van der Waals surface area contributed by atoms with E-state index in [2.05, 4.69) is 27.2 Å². The van der Waals surface area contributed by atoms with Crippen LogP contribution < -0.4 is 5.43 Å². The molecule has 0 aliphatic carbocycles. The standard InChI is InChI=1S/C22H23N5O4S/c1-13(2)32(29,30)18-11-7-15(8-12-18)14(3)25-19(20(23)24-4)22-27-26-21(31-22)16-5-9-17(28)10-6-16/h5-13,23,27-28H,4H2,1-3H3. The molecule has 0 fully saturated rings. The molecule has 0 aromatic heterocycles. The Morgan fingerprint density at radius 1 is 1.16 bits per heavy atom. The van der Waals surface area contributed by atoms with Crippen molar-refractivity contribution in [2.75, 3.05) is 0 Å². The molecular weight excluding hydrogens is 430 g/mol. The fourth-order valence-electron chi connectivity index (χ4n) is 2.75. The number of aromatic hydroxyl groups is 1. The zero-order valence-corrected chi connectivity index (χ0v) is 18.6. The lowest BCUT2D eigenvalue weighted by atomic mass is 10.1. The smallest absolute Gasteiger partial charge is 0.245 e. The first-order chi connectivity index (χ1) is 15.1. The van der Waals surface area contributed by atoms with E-state index in [0.29, 0.717) is 16.8 Å². The zero-order valence-electron chi connectivity index (χ0n) is 17.8. The Bertz CT molecular complexity index is 1240. The Morgan fingerprint density at radius 3 is 2.34 bits per heavy atom. The molecule has 0 saturated carbocycles. The van der Waals surface area contributed by atoms with E-state index in [1.807, 2.05) is 0 Å². The van der Waals surface area contributed by atoms with E-state index in [0.717, 1.165) is 0 Å². The quantitative estimate of drug-likeness (QED) is 0.456. The van der Waals surface area contributed by atoms with E-state index in [4.69, 9.17) is 10.1 Å². The molecular formula is C22H23N5O4S. The van der Waals surface area contributed by atoms with Gasteiger partial charge in [-0.1, -0.05) is 12.1 Å². The van der Waals surface area contributed by atoms with Gasteiger partial charge in [0, 0.05) is 11.3 Å².